The highest BCUT2D eigenvalue weighted by molar-refractivity contribution is 6.46. The summed E-state index contributed by atoms with van der Waals surface area (Å²) < 4.78 is 4.78. The maximum absolute atomic E-state index is 11.7. The van der Waals surface area contributed by atoms with Crippen molar-refractivity contribution < 1.29 is 14.3 Å². The summed E-state index contributed by atoms with van der Waals surface area (Å²) in [7, 11) is 0. The molecule has 0 spiro atoms. The van der Waals surface area contributed by atoms with Crippen molar-refractivity contribution in [1.29, 1.82) is 0 Å². The molecule has 1 rings (SSSR count). The molecule has 0 radical (unpaired) electrons. The quantitative estimate of drug-likeness (QED) is 0.687. The van der Waals surface area contributed by atoms with Crippen LogP contribution in [0.4, 0.5) is 0 Å². The monoisotopic (exact) mass is 309 g/mol. The predicted octanol–water partition coefficient (Wildman–Crippen LogP) is 2.94. The Hall–Kier alpha value is -0.970. The Labute approximate surface area is 119 Å². The molecule has 0 saturated heterocycles. The van der Waals surface area contributed by atoms with Gasteiger partial charge in [-0.1, -0.05) is 34.8 Å². The van der Waals surface area contributed by atoms with E-state index in [1.807, 2.05) is 0 Å². The Morgan fingerprint density at radius 2 is 1.83 bits per heavy atom. The second-order valence-corrected chi connectivity index (χ2v) is 4.44. The van der Waals surface area contributed by atoms with E-state index in [0.29, 0.717) is 6.54 Å². The normalized spacial score (nSPS) is 10.0. The van der Waals surface area contributed by atoms with Crippen molar-refractivity contribution in [3.8, 4) is 0 Å². The lowest BCUT2D eigenvalue weighted by molar-refractivity contribution is -0.124. The molecule has 1 aromatic rings. The number of nitrogens with one attached hydrogen (secondary N) is 1. The first kappa shape index (κ1) is 15.1. The van der Waals surface area contributed by atoms with Crippen LogP contribution in [0.15, 0.2) is 12.1 Å². The summed E-state index contributed by atoms with van der Waals surface area (Å²) in [5.74, 6) is -1.20. The van der Waals surface area contributed by atoms with E-state index in [0.717, 1.165) is 0 Å². The lowest BCUT2D eigenvalue weighted by Gasteiger charge is -2.08. The van der Waals surface area contributed by atoms with Crippen LogP contribution in [0.25, 0.3) is 0 Å². The van der Waals surface area contributed by atoms with Gasteiger partial charge in [0.15, 0.2) is 6.61 Å². The molecule has 1 aromatic carbocycles. The molecule has 18 heavy (non-hydrogen) atoms. The third-order valence-electron chi connectivity index (χ3n) is 1.96. The van der Waals surface area contributed by atoms with Gasteiger partial charge >= 0.3 is 5.97 Å². The van der Waals surface area contributed by atoms with E-state index in [-0.39, 0.29) is 20.6 Å². The van der Waals surface area contributed by atoms with Gasteiger partial charge in [0.25, 0.3) is 5.91 Å². The highest BCUT2D eigenvalue weighted by Gasteiger charge is 2.19. The molecule has 0 saturated carbocycles. The van der Waals surface area contributed by atoms with Crippen molar-refractivity contribution in [3.63, 3.8) is 0 Å². The van der Waals surface area contributed by atoms with E-state index in [1.54, 1.807) is 6.92 Å². The molecule has 0 unspecified atom stereocenters. The van der Waals surface area contributed by atoms with Gasteiger partial charge in [0.2, 0.25) is 0 Å². The number of ether oxygens (including phenoxy) is 1. The number of halogens is 3. The van der Waals surface area contributed by atoms with Gasteiger partial charge < -0.3 is 10.1 Å². The average molecular weight is 311 g/mol. The number of carbonyl (C=O) groups excluding carboxylic acids is 2. The molecular formula is C11H10Cl3NO3. The molecule has 0 heterocycles. The first-order valence-corrected chi connectivity index (χ1v) is 6.18. The largest absolute Gasteiger partial charge is 0.452 e. The van der Waals surface area contributed by atoms with Crippen LogP contribution in [0.2, 0.25) is 15.1 Å². The van der Waals surface area contributed by atoms with Crippen LogP contribution in [0.3, 0.4) is 0 Å². The molecule has 0 aliphatic rings. The van der Waals surface area contributed by atoms with E-state index in [2.05, 4.69) is 5.32 Å². The number of likely N-dealkylation sites (N-methyl/N-ethyl adjacent to an activating group) is 1. The van der Waals surface area contributed by atoms with E-state index < -0.39 is 18.5 Å². The molecular weight excluding hydrogens is 300 g/mol. The van der Waals surface area contributed by atoms with Gasteiger partial charge in [-0.25, -0.2) is 4.79 Å². The third kappa shape index (κ3) is 3.77. The first-order valence-electron chi connectivity index (χ1n) is 5.04. The zero-order chi connectivity index (χ0) is 13.7. The first-order chi connectivity index (χ1) is 8.47. The summed E-state index contributed by atoms with van der Waals surface area (Å²) >= 11 is 17.4. The van der Waals surface area contributed by atoms with Crippen LogP contribution in [0.1, 0.15) is 17.3 Å². The molecule has 0 aromatic heterocycles. The molecule has 0 aliphatic carbocycles. The minimum atomic E-state index is -0.793. The number of hydrogen-bond donors (Lipinski definition) is 1. The molecule has 4 nitrogen and oxygen atoms in total. The third-order valence-corrected chi connectivity index (χ3v) is 3.08. The Kier molecular flexibility index (Phi) is 5.72. The molecule has 1 N–H and O–H groups in total. The van der Waals surface area contributed by atoms with Crippen molar-refractivity contribution in [2.75, 3.05) is 13.2 Å². The fourth-order valence-corrected chi connectivity index (χ4v) is 1.85. The van der Waals surface area contributed by atoms with Crippen molar-refractivity contribution in [2.24, 2.45) is 0 Å². The van der Waals surface area contributed by atoms with Crippen molar-refractivity contribution in [2.45, 2.75) is 6.92 Å². The molecule has 0 fully saturated rings. The van der Waals surface area contributed by atoms with Crippen LogP contribution in [0.5, 0.6) is 0 Å². The maximum Gasteiger partial charge on any atom is 0.341 e. The van der Waals surface area contributed by atoms with Crippen LogP contribution in [-0.4, -0.2) is 25.0 Å². The van der Waals surface area contributed by atoms with Crippen LogP contribution in [-0.2, 0) is 9.53 Å². The Morgan fingerprint density at radius 3 is 2.44 bits per heavy atom. The van der Waals surface area contributed by atoms with E-state index >= 15 is 0 Å². The van der Waals surface area contributed by atoms with Crippen LogP contribution < -0.4 is 5.32 Å². The molecule has 0 atom stereocenters. The fourth-order valence-electron chi connectivity index (χ4n) is 1.17. The van der Waals surface area contributed by atoms with Gasteiger partial charge in [0.05, 0.1) is 20.6 Å². The molecule has 7 heteroatoms. The predicted molar refractivity (Wildman–Crippen MR) is 70.4 cm³/mol. The Bertz CT molecular complexity index is 477. The highest BCUT2D eigenvalue weighted by Crippen LogP contribution is 2.31. The minimum absolute atomic E-state index is 0.00469. The number of esters is 1. The Balaban J connectivity index is 2.79. The SMILES string of the molecule is CCNC(=O)COC(=O)c1c(Cl)ccc(Cl)c1Cl. The van der Waals surface area contributed by atoms with Gasteiger partial charge in [-0.3, -0.25) is 4.79 Å². The van der Waals surface area contributed by atoms with Gasteiger partial charge in [-0.05, 0) is 19.1 Å². The summed E-state index contributed by atoms with van der Waals surface area (Å²) in [5, 5.41) is 2.79. The van der Waals surface area contributed by atoms with E-state index in [9.17, 15) is 9.59 Å². The van der Waals surface area contributed by atoms with E-state index in [4.69, 9.17) is 39.5 Å². The summed E-state index contributed by atoms with van der Waals surface area (Å²) in [6.07, 6.45) is 0. The fraction of sp³-hybridized carbons (Fsp3) is 0.273. The smallest absolute Gasteiger partial charge is 0.341 e. The molecule has 0 bridgehead atoms. The maximum atomic E-state index is 11.7. The lowest BCUT2D eigenvalue weighted by atomic mass is 10.2. The standard InChI is InChI=1S/C11H10Cl3NO3/c1-2-15-8(16)5-18-11(17)9-6(12)3-4-7(13)10(9)14/h3-4H,2,5H2,1H3,(H,15,16). The van der Waals surface area contributed by atoms with Gasteiger partial charge in [-0.2, -0.15) is 0 Å². The summed E-state index contributed by atoms with van der Waals surface area (Å²) in [6, 6.07) is 2.89. The van der Waals surface area contributed by atoms with Crippen molar-refractivity contribution in [3.05, 3.63) is 32.8 Å². The highest BCUT2D eigenvalue weighted by atomic mass is 35.5. The number of carbonyl (C=O) groups is 2. The zero-order valence-electron chi connectivity index (χ0n) is 9.43. The van der Waals surface area contributed by atoms with Gasteiger partial charge in [0, 0.05) is 6.54 Å². The molecule has 1 amide bonds. The number of benzene rings is 1. The van der Waals surface area contributed by atoms with Crippen molar-refractivity contribution in [1.82, 2.24) is 5.32 Å². The molecule has 0 aliphatic heterocycles. The Morgan fingerprint density at radius 1 is 1.22 bits per heavy atom. The minimum Gasteiger partial charge on any atom is -0.452 e. The van der Waals surface area contributed by atoms with Gasteiger partial charge in [-0.15, -0.1) is 0 Å². The lowest BCUT2D eigenvalue weighted by Crippen LogP contribution is -2.28. The average Bonchev–Trinajstić information content (AvgIpc) is 2.32. The zero-order valence-corrected chi connectivity index (χ0v) is 11.7. The second-order valence-electron chi connectivity index (χ2n) is 3.25. The summed E-state index contributed by atoms with van der Waals surface area (Å²) in [6.45, 7) is 1.81. The van der Waals surface area contributed by atoms with Crippen molar-refractivity contribution >= 4 is 46.7 Å². The van der Waals surface area contributed by atoms with Gasteiger partial charge in [0.1, 0.15) is 0 Å². The number of hydrogen-bond acceptors (Lipinski definition) is 3. The topological polar surface area (TPSA) is 55.4 Å². The van der Waals surface area contributed by atoms with E-state index in [1.165, 1.54) is 12.1 Å². The van der Waals surface area contributed by atoms with Crippen LogP contribution >= 0.6 is 34.8 Å². The number of amides is 1. The van der Waals surface area contributed by atoms with Crippen LogP contribution in [0, 0.1) is 0 Å². The number of rotatable bonds is 4. The second kappa shape index (κ2) is 6.83. The summed E-state index contributed by atoms with van der Waals surface area (Å²) in [4.78, 5) is 22.9. The molecule has 98 valence electrons. The summed E-state index contributed by atoms with van der Waals surface area (Å²) in [5.41, 5.74) is -0.0462.